The lowest BCUT2D eigenvalue weighted by Crippen LogP contribution is -2.15. The van der Waals surface area contributed by atoms with Crippen LogP contribution < -0.4 is 10.3 Å². The first-order chi connectivity index (χ1) is 13.6. The molecule has 8 nitrogen and oxygen atoms in total. The van der Waals surface area contributed by atoms with Crippen molar-refractivity contribution < 1.29 is 4.74 Å². The third-order valence-corrected chi connectivity index (χ3v) is 5.23. The Kier molecular flexibility index (Phi) is 5.27. The monoisotopic (exact) mass is 414 g/mol. The number of methoxy groups -OCH3 is 1. The van der Waals surface area contributed by atoms with Gasteiger partial charge in [-0.15, -0.1) is 5.10 Å². The molecule has 10 heteroatoms. The summed E-state index contributed by atoms with van der Waals surface area (Å²) in [5.41, 5.74) is 2.07. The molecular formula is C18H15ClN6O2S. The van der Waals surface area contributed by atoms with E-state index in [2.05, 4.69) is 20.5 Å². The Morgan fingerprint density at radius 1 is 1.18 bits per heavy atom. The number of benzene rings is 1. The van der Waals surface area contributed by atoms with Crippen LogP contribution in [0.5, 0.6) is 5.75 Å². The molecule has 3 heterocycles. The number of pyridine rings is 1. The highest BCUT2D eigenvalue weighted by atomic mass is 35.5. The second-order valence-electron chi connectivity index (χ2n) is 5.92. The van der Waals surface area contributed by atoms with E-state index >= 15 is 0 Å². The summed E-state index contributed by atoms with van der Waals surface area (Å²) >= 11 is 7.36. The molecule has 0 radical (unpaired) electrons. The molecule has 0 aliphatic rings. The van der Waals surface area contributed by atoms with Crippen LogP contribution >= 0.6 is 23.4 Å². The standard InChI is InChI=1S/C18H15ClN6O2S/c1-27-15-5-2-12(3-6-15)9-25-18(21-22-23-25)28-11-14-8-17(26)24-10-13(19)4-7-16(24)20-14/h2-8,10H,9,11H2,1H3. The van der Waals surface area contributed by atoms with Crippen LogP contribution in [0, 0.1) is 0 Å². The summed E-state index contributed by atoms with van der Waals surface area (Å²) in [7, 11) is 1.63. The SMILES string of the molecule is COc1ccc(Cn2nnnc2SCc2cc(=O)n3cc(Cl)ccc3n2)cc1. The van der Waals surface area contributed by atoms with Crippen molar-refractivity contribution in [1.29, 1.82) is 0 Å². The summed E-state index contributed by atoms with van der Waals surface area (Å²) in [6.45, 7) is 0.533. The van der Waals surface area contributed by atoms with E-state index in [1.165, 1.54) is 22.2 Å². The first-order valence-electron chi connectivity index (χ1n) is 8.32. The first-order valence-corrected chi connectivity index (χ1v) is 9.68. The molecule has 28 heavy (non-hydrogen) atoms. The van der Waals surface area contributed by atoms with Crippen molar-refractivity contribution in [2.24, 2.45) is 0 Å². The number of fused-ring (bicyclic) bond motifs is 1. The van der Waals surface area contributed by atoms with Gasteiger partial charge in [-0.2, -0.15) is 0 Å². The molecule has 0 saturated carbocycles. The first kappa shape index (κ1) is 18.5. The summed E-state index contributed by atoms with van der Waals surface area (Å²) in [5, 5.41) is 13.0. The fourth-order valence-corrected chi connectivity index (χ4v) is 3.57. The second-order valence-corrected chi connectivity index (χ2v) is 7.30. The molecule has 142 valence electrons. The molecule has 0 fully saturated rings. The molecule has 0 saturated heterocycles. The van der Waals surface area contributed by atoms with Crippen molar-refractivity contribution in [3.05, 3.63) is 75.3 Å². The summed E-state index contributed by atoms with van der Waals surface area (Å²) in [4.78, 5) is 16.8. The molecule has 4 aromatic rings. The summed E-state index contributed by atoms with van der Waals surface area (Å²) in [5.74, 6) is 1.27. The molecule has 0 bridgehead atoms. The number of halogens is 1. The van der Waals surface area contributed by atoms with E-state index in [-0.39, 0.29) is 5.56 Å². The minimum absolute atomic E-state index is 0.180. The van der Waals surface area contributed by atoms with Gasteiger partial charge in [-0.05, 0) is 40.3 Å². The highest BCUT2D eigenvalue weighted by molar-refractivity contribution is 7.98. The van der Waals surface area contributed by atoms with Gasteiger partial charge in [0.25, 0.3) is 5.56 Å². The largest absolute Gasteiger partial charge is 0.497 e. The lowest BCUT2D eigenvalue weighted by atomic mass is 10.2. The lowest BCUT2D eigenvalue weighted by Gasteiger charge is -2.06. The van der Waals surface area contributed by atoms with Crippen molar-refractivity contribution in [2.75, 3.05) is 7.11 Å². The van der Waals surface area contributed by atoms with Crippen molar-refractivity contribution in [1.82, 2.24) is 29.6 Å². The topological polar surface area (TPSA) is 87.2 Å². The number of nitrogens with zero attached hydrogens (tertiary/aromatic N) is 6. The second kappa shape index (κ2) is 7.99. The Hall–Kier alpha value is -2.91. The average molecular weight is 415 g/mol. The van der Waals surface area contributed by atoms with Crippen molar-refractivity contribution >= 4 is 29.0 Å². The summed E-state index contributed by atoms with van der Waals surface area (Å²) in [6, 6.07) is 12.6. The maximum absolute atomic E-state index is 12.3. The number of ether oxygens (including phenoxy) is 1. The zero-order chi connectivity index (χ0) is 19.5. The van der Waals surface area contributed by atoms with E-state index in [1.807, 2.05) is 24.3 Å². The van der Waals surface area contributed by atoms with E-state index in [9.17, 15) is 4.79 Å². The molecular weight excluding hydrogens is 400 g/mol. The van der Waals surface area contributed by atoms with Gasteiger partial charge in [0.15, 0.2) is 0 Å². The smallest absolute Gasteiger partial charge is 0.258 e. The molecule has 1 aromatic carbocycles. The van der Waals surface area contributed by atoms with Crippen LogP contribution in [0.15, 0.2) is 58.6 Å². The third-order valence-electron chi connectivity index (χ3n) is 4.02. The normalized spacial score (nSPS) is 11.1. The number of rotatable bonds is 6. The van der Waals surface area contributed by atoms with Gasteiger partial charge < -0.3 is 4.74 Å². The van der Waals surface area contributed by atoms with Gasteiger partial charge in [0.05, 0.1) is 24.4 Å². The summed E-state index contributed by atoms with van der Waals surface area (Å²) in [6.07, 6.45) is 1.55. The molecule has 3 aromatic heterocycles. The molecule has 0 amide bonds. The maximum Gasteiger partial charge on any atom is 0.258 e. The van der Waals surface area contributed by atoms with Gasteiger partial charge >= 0.3 is 0 Å². The number of aromatic nitrogens is 6. The molecule has 0 aliphatic carbocycles. The Morgan fingerprint density at radius 2 is 2.00 bits per heavy atom. The Bertz CT molecular complexity index is 1170. The van der Waals surface area contributed by atoms with Crippen LogP contribution in [0.4, 0.5) is 0 Å². The van der Waals surface area contributed by atoms with E-state index in [4.69, 9.17) is 16.3 Å². The lowest BCUT2D eigenvalue weighted by molar-refractivity contribution is 0.414. The van der Waals surface area contributed by atoms with E-state index in [0.717, 1.165) is 11.3 Å². The number of hydrogen-bond donors (Lipinski definition) is 0. The predicted molar refractivity (Wildman–Crippen MR) is 106 cm³/mol. The van der Waals surface area contributed by atoms with Crippen LogP contribution in [-0.2, 0) is 12.3 Å². The fourth-order valence-electron chi connectivity index (χ4n) is 2.64. The molecule has 0 unspecified atom stereocenters. The van der Waals surface area contributed by atoms with Crippen molar-refractivity contribution in [2.45, 2.75) is 17.5 Å². The van der Waals surface area contributed by atoms with Crippen LogP contribution in [0.3, 0.4) is 0 Å². The van der Waals surface area contributed by atoms with Crippen LogP contribution in [0.1, 0.15) is 11.3 Å². The minimum atomic E-state index is -0.180. The Balaban J connectivity index is 1.50. The summed E-state index contributed by atoms with van der Waals surface area (Å²) < 4.78 is 8.30. The van der Waals surface area contributed by atoms with E-state index in [0.29, 0.717) is 33.8 Å². The van der Waals surface area contributed by atoms with Crippen LogP contribution in [-0.4, -0.2) is 36.7 Å². The van der Waals surface area contributed by atoms with E-state index in [1.54, 1.807) is 30.1 Å². The average Bonchev–Trinajstić information content (AvgIpc) is 3.14. The molecule has 0 spiro atoms. The van der Waals surface area contributed by atoms with Gasteiger partial charge in [-0.25, -0.2) is 9.67 Å². The number of tetrazole rings is 1. The number of thioether (sulfide) groups is 1. The fraction of sp³-hybridized carbons (Fsp3) is 0.167. The maximum atomic E-state index is 12.3. The predicted octanol–water partition coefficient (Wildman–Crippen LogP) is 2.68. The van der Waals surface area contributed by atoms with Gasteiger partial charge in [-0.1, -0.05) is 35.5 Å². The zero-order valence-corrected chi connectivity index (χ0v) is 16.4. The highest BCUT2D eigenvalue weighted by Crippen LogP contribution is 2.20. The van der Waals surface area contributed by atoms with Crippen molar-refractivity contribution in [3.8, 4) is 5.75 Å². The quantitative estimate of drug-likeness (QED) is 0.448. The zero-order valence-electron chi connectivity index (χ0n) is 14.8. The van der Waals surface area contributed by atoms with Crippen molar-refractivity contribution in [3.63, 3.8) is 0 Å². The number of hydrogen-bond acceptors (Lipinski definition) is 7. The van der Waals surface area contributed by atoms with Gasteiger partial charge in [0.2, 0.25) is 5.16 Å². The molecule has 0 atom stereocenters. The highest BCUT2D eigenvalue weighted by Gasteiger charge is 2.10. The third kappa shape index (κ3) is 4.00. The Morgan fingerprint density at radius 3 is 2.79 bits per heavy atom. The van der Waals surface area contributed by atoms with Crippen LogP contribution in [0.2, 0.25) is 5.02 Å². The minimum Gasteiger partial charge on any atom is -0.497 e. The Labute approximate surface area is 169 Å². The van der Waals surface area contributed by atoms with Gasteiger partial charge in [-0.3, -0.25) is 9.20 Å². The molecule has 4 rings (SSSR count). The molecule has 0 aliphatic heterocycles. The molecule has 0 N–H and O–H groups in total. The van der Waals surface area contributed by atoms with Gasteiger partial charge in [0, 0.05) is 18.0 Å². The van der Waals surface area contributed by atoms with E-state index < -0.39 is 0 Å². The van der Waals surface area contributed by atoms with Gasteiger partial charge in [0.1, 0.15) is 11.4 Å². The van der Waals surface area contributed by atoms with Crippen LogP contribution in [0.25, 0.3) is 5.65 Å².